The largest absolute Gasteiger partial charge is 0.444 e. The van der Waals surface area contributed by atoms with Crippen LogP contribution in [0.3, 0.4) is 0 Å². The molecule has 0 saturated carbocycles. The summed E-state index contributed by atoms with van der Waals surface area (Å²) in [5.74, 6) is -0.194. The maximum Gasteiger partial charge on any atom is 0.435 e. The standard InChI is InChI=1S/C23H25F3N6O3/c1-22(2,3)35-21(34)31-8-4-14(5-9-31)16-10-15-11-27-13-30-19(15)32(20(16)33)12-17-18(23(24,25)26)29-7-6-28-17/h6-7,10-11,13-14H,4-5,8-9,12H2,1-3H3. The monoisotopic (exact) mass is 490 g/mol. The lowest BCUT2D eigenvalue weighted by atomic mass is 9.90. The molecule has 1 amide bonds. The molecular weight excluding hydrogens is 465 g/mol. The van der Waals surface area contributed by atoms with Crippen LogP contribution in [0.25, 0.3) is 11.0 Å². The molecule has 12 heteroatoms. The molecule has 0 bridgehead atoms. The second-order valence-corrected chi connectivity index (χ2v) is 9.38. The average Bonchev–Trinajstić information content (AvgIpc) is 2.79. The van der Waals surface area contributed by atoms with Crippen LogP contribution >= 0.6 is 0 Å². The van der Waals surface area contributed by atoms with Gasteiger partial charge >= 0.3 is 12.3 Å². The summed E-state index contributed by atoms with van der Waals surface area (Å²) in [5, 5.41) is 0.522. The van der Waals surface area contributed by atoms with Gasteiger partial charge < -0.3 is 9.64 Å². The molecule has 0 aliphatic carbocycles. The zero-order valence-corrected chi connectivity index (χ0v) is 19.5. The second kappa shape index (κ2) is 9.23. The number of piperidine rings is 1. The average molecular weight is 490 g/mol. The fourth-order valence-electron chi connectivity index (χ4n) is 4.15. The first-order valence-corrected chi connectivity index (χ1v) is 11.1. The number of amides is 1. The number of likely N-dealkylation sites (tertiary alicyclic amines) is 1. The van der Waals surface area contributed by atoms with Gasteiger partial charge in [0, 0.05) is 42.6 Å². The van der Waals surface area contributed by atoms with Gasteiger partial charge in [-0.15, -0.1) is 0 Å². The van der Waals surface area contributed by atoms with Crippen molar-refractivity contribution >= 4 is 17.1 Å². The zero-order chi connectivity index (χ0) is 25.4. The second-order valence-electron chi connectivity index (χ2n) is 9.38. The van der Waals surface area contributed by atoms with E-state index in [1.54, 1.807) is 31.7 Å². The molecule has 186 valence electrons. The van der Waals surface area contributed by atoms with E-state index in [9.17, 15) is 22.8 Å². The molecule has 1 fully saturated rings. The van der Waals surface area contributed by atoms with E-state index >= 15 is 0 Å². The van der Waals surface area contributed by atoms with Crippen molar-refractivity contribution in [3.63, 3.8) is 0 Å². The number of halogens is 3. The first-order valence-electron chi connectivity index (χ1n) is 11.1. The molecule has 1 aliphatic heterocycles. The summed E-state index contributed by atoms with van der Waals surface area (Å²) in [6.07, 6.45) is 0.747. The van der Waals surface area contributed by atoms with Crippen molar-refractivity contribution in [2.45, 2.75) is 57.9 Å². The molecule has 4 heterocycles. The van der Waals surface area contributed by atoms with Gasteiger partial charge in [0.05, 0.1) is 12.2 Å². The third-order valence-corrected chi connectivity index (χ3v) is 5.71. The van der Waals surface area contributed by atoms with Crippen molar-refractivity contribution in [1.82, 2.24) is 29.4 Å². The topological polar surface area (TPSA) is 103 Å². The van der Waals surface area contributed by atoms with Gasteiger partial charge in [-0.05, 0) is 45.6 Å². The highest BCUT2D eigenvalue weighted by Crippen LogP contribution is 2.31. The number of fused-ring (bicyclic) bond motifs is 1. The first kappa shape index (κ1) is 24.6. The van der Waals surface area contributed by atoms with E-state index in [1.807, 2.05) is 0 Å². The lowest BCUT2D eigenvalue weighted by Gasteiger charge is -2.33. The number of ether oxygens (including phenoxy) is 1. The molecule has 1 aliphatic rings. The van der Waals surface area contributed by atoms with Crippen molar-refractivity contribution in [3.05, 3.63) is 58.3 Å². The summed E-state index contributed by atoms with van der Waals surface area (Å²) >= 11 is 0. The van der Waals surface area contributed by atoms with Crippen molar-refractivity contribution in [3.8, 4) is 0 Å². The van der Waals surface area contributed by atoms with Crippen LogP contribution in [0.4, 0.5) is 18.0 Å². The molecule has 0 atom stereocenters. The Balaban J connectivity index is 1.67. The highest BCUT2D eigenvalue weighted by Gasteiger charge is 2.36. The van der Waals surface area contributed by atoms with E-state index in [2.05, 4.69) is 19.9 Å². The number of alkyl halides is 3. The highest BCUT2D eigenvalue weighted by atomic mass is 19.4. The van der Waals surface area contributed by atoms with Crippen LogP contribution in [0.2, 0.25) is 0 Å². The van der Waals surface area contributed by atoms with Crippen molar-refractivity contribution in [1.29, 1.82) is 0 Å². The van der Waals surface area contributed by atoms with E-state index in [4.69, 9.17) is 4.74 Å². The first-order chi connectivity index (χ1) is 16.4. The summed E-state index contributed by atoms with van der Waals surface area (Å²) in [4.78, 5) is 42.9. The van der Waals surface area contributed by atoms with Crippen LogP contribution < -0.4 is 5.56 Å². The Kier molecular flexibility index (Phi) is 6.48. The Bertz CT molecular complexity index is 1290. The minimum absolute atomic E-state index is 0.194. The van der Waals surface area contributed by atoms with Crippen LogP contribution in [-0.2, 0) is 17.5 Å². The number of rotatable bonds is 3. The number of carbonyl (C=O) groups is 1. The van der Waals surface area contributed by atoms with Crippen molar-refractivity contribution in [2.24, 2.45) is 0 Å². The quantitative estimate of drug-likeness (QED) is 0.551. The molecule has 0 unspecified atom stereocenters. The molecule has 35 heavy (non-hydrogen) atoms. The van der Waals surface area contributed by atoms with E-state index in [1.165, 1.54) is 17.1 Å². The molecular formula is C23H25F3N6O3. The predicted molar refractivity (Wildman–Crippen MR) is 120 cm³/mol. The summed E-state index contributed by atoms with van der Waals surface area (Å²) in [6, 6.07) is 1.68. The van der Waals surface area contributed by atoms with Crippen LogP contribution in [0.15, 0.2) is 35.8 Å². The number of carbonyl (C=O) groups excluding carboxylic acids is 1. The molecule has 0 aromatic carbocycles. The molecule has 0 N–H and O–H groups in total. The van der Waals surface area contributed by atoms with Gasteiger partial charge in [0.15, 0.2) is 5.69 Å². The summed E-state index contributed by atoms with van der Waals surface area (Å²) in [5.41, 5.74) is -1.95. The highest BCUT2D eigenvalue weighted by molar-refractivity contribution is 5.75. The molecule has 4 rings (SSSR count). The van der Waals surface area contributed by atoms with Gasteiger partial charge in [0.2, 0.25) is 0 Å². The lowest BCUT2D eigenvalue weighted by molar-refractivity contribution is -0.142. The lowest BCUT2D eigenvalue weighted by Crippen LogP contribution is -2.42. The van der Waals surface area contributed by atoms with E-state index in [0.29, 0.717) is 36.9 Å². The van der Waals surface area contributed by atoms with Gasteiger partial charge in [-0.3, -0.25) is 14.3 Å². The van der Waals surface area contributed by atoms with Gasteiger partial charge in [-0.2, -0.15) is 13.2 Å². The summed E-state index contributed by atoms with van der Waals surface area (Å²) < 4.78 is 47.1. The summed E-state index contributed by atoms with van der Waals surface area (Å²) in [6.45, 7) is 5.71. The number of pyridine rings is 1. The van der Waals surface area contributed by atoms with Crippen molar-refractivity contribution in [2.75, 3.05) is 13.1 Å². The van der Waals surface area contributed by atoms with Gasteiger partial charge in [-0.25, -0.2) is 19.7 Å². The number of nitrogens with zero attached hydrogens (tertiary/aromatic N) is 6. The molecule has 0 radical (unpaired) electrons. The molecule has 1 saturated heterocycles. The van der Waals surface area contributed by atoms with Crippen LogP contribution in [0.5, 0.6) is 0 Å². The number of hydrogen-bond donors (Lipinski definition) is 0. The van der Waals surface area contributed by atoms with Gasteiger partial charge in [0.25, 0.3) is 5.56 Å². The predicted octanol–water partition coefficient (Wildman–Crippen LogP) is 3.76. The molecule has 9 nitrogen and oxygen atoms in total. The smallest absolute Gasteiger partial charge is 0.435 e. The summed E-state index contributed by atoms with van der Waals surface area (Å²) in [7, 11) is 0. The molecule has 3 aromatic rings. The normalized spacial score (nSPS) is 15.4. The molecule has 0 spiro atoms. The Morgan fingerprint density at radius 1 is 1.11 bits per heavy atom. The third kappa shape index (κ3) is 5.41. The third-order valence-electron chi connectivity index (χ3n) is 5.71. The maximum atomic E-state index is 13.5. The zero-order valence-electron chi connectivity index (χ0n) is 19.5. The Labute approximate surface area is 199 Å². The van der Waals surface area contributed by atoms with E-state index in [-0.39, 0.29) is 17.3 Å². The fourth-order valence-corrected chi connectivity index (χ4v) is 4.15. The Morgan fingerprint density at radius 3 is 2.46 bits per heavy atom. The maximum absolute atomic E-state index is 13.5. The van der Waals surface area contributed by atoms with Gasteiger partial charge in [0.1, 0.15) is 17.6 Å². The van der Waals surface area contributed by atoms with E-state index in [0.717, 1.165) is 12.4 Å². The van der Waals surface area contributed by atoms with Crippen molar-refractivity contribution < 1.29 is 22.7 Å². The minimum Gasteiger partial charge on any atom is -0.444 e. The van der Waals surface area contributed by atoms with Crippen LogP contribution in [0, 0.1) is 0 Å². The number of hydrogen-bond acceptors (Lipinski definition) is 7. The van der Waals surface area contributed by atoms with Crippen LogP contribution in [-0.4, -0.2) is 54.2 Å². The van der Waals surface area contributed by atoms with Gasteiger partial charge in [-0.1, -0.05) is 0 Å². The SMILES string of the molecule is CC(C)(C)OC(=O)N1CCC(c2cc3cncnc3n(Cc3nccnc3C(F)(F)F)c2=O)CC1. The van der Waals surface area contributed by atoms with Crippen LogP contribution in [0.1, 0.15) is 56.5 Å². The number of aromatic nitrogens is 5. The Morgan fingerprint density at radius 2 is 1.80 bits per heavy atom. The fraction of sp³-hybridized carbons (Fsp3) is 0.478. The van der Waals surface area contributed by atoms with E-state index < -0.39 is 35.7 Å². The minimum atomic E-state index is -4.72. The molecule has 3 aromatic heterocycles. The Hall–Kier alpha value is -3.57.